The number of carbonyl (C=O) groups excluding carboxylic acids is 2. The molecular weight excluding hydrogens is 284 g/mol. The van der Waals surface area contributed by atoms with E-state index >= 15 is 0 Å². The van der Waals surface area contributed by atoms with Crippen molar-refractivity contribution in [2.45, 2.75) is 26.2 Å². The number of aromatic nitrogens is 2. The van der Waals surface area contributed by atoms with Crippen molar-refractivity contribution in [3.8, 4) is 11.5 Å². The summed E-state index contributed by atoms with van der Waals surface area (Å²) in [6.07, 6.45) is 0.286. The van der Waals surface area contributed by atoms with E-state index in [1.165, 1.54) is 4.90 Å². The van der Waals surface area contributed by atoms with E-state index in [1.54, 1.807) is 12.1 Å². The first-order chi connectivity index (χ1) is 10.5. The molecule has 1 saturated heterocycles. The third kappa shape index (κ3) is 2.69. The highest BCUT2D eigenvalue weighted by atomic mass is 16.5. The van der Waals surface area contributed by atoms with E-state index in [4.69, 9.17) is 4.52 Å². The van der Waals surface area contributed by atoms with Gasteiger partial charge in [0.1, 0.15) is 0 Å². The molecule has 22 heavy (non-hydrogen) atoms. The van der Waals surface area contributed by atoms with Crippen LogP contribution >= 0.6 is 0 Å². The van der Waals surface area contributed by atoms with E-state index in [9.17, 15) is 9.59 Å². The van der Waals surface area contributed by atoms with Crippen LogP contribution in [0.25, 0.3) is 11.5 Å². The van der Waals surface area contributed by atoms with Gasteiger partial charge in [-0.05, 0) is 18.2 Å². The fourth-order valence-electron chi connectivity index (χ4n) is 2.20. The van der Waals surface area contributed by atoms with Crippen molar-refractivity contribution in [1.29, 1.82) is 0 Å². The maximum Gasteiger partial charge on any atom is 0.328 e. The van der Waals surface area contributed by atoms with E-state index in [2.05, 4.69) is 15.5 Å². The molecule has 0 spiro atoms. The van der Waals surface area contributed by atoms with Crippen LogP contribution in [0.3, 0.4) is 0 Å². The predicted molar refractivity (Wildman–Crippen MR) is 79.3 cm³/mol. The third-order valence-corrected chi connectivity index (χ3v) is 3.42. The molecule has 7 nitrogen and oxygen atoms in total. The van der Waals surface area contributed by atoms with Gasteiger partial charge in [0.15, 0.2) is 5.82 Å². The van der Waals surface area contributed by atoms with Gasteiger partial charge in [0.05, 0.1) is 0 Å². The number of nitrogens with zero attached hydrogens (tertiary/aromatic N) is 3. The second-order valence-corrected chi connectivity index (χ2v) is 5.42. The van der Waals surface area contributed by atoms with Gasteiger partial charge in [-0.25, -0.2) is 4.79 Å². The van der Waals surface area contributed by atoms with Crippen molar-refractivity contribution in [2.24, 2.45) is 0 Å². The van der Waals surface area contributed by atoms with Crippen molar-refractivity contribution >= 4 is 17.6 Å². The number of hydrogen-bond acceptors (Lipinski definition) is 5. The third-order valence-electron chi connectivity index (χ3n) is 3.42. The molecule has 3 rings (SSSR count). The van der Waals surface area contributed by atoms with Crippen molar-refractivity contribution in [2.75, 3.05) is 11.4 Å². The highest BCUT2D eigenvalue weighted by Crippen LogP contribution is 2.25. The van der Waals surface area contributed by atoms with E-state index in [0.29, 0.717) is 23.9 Å². The minimum absolute atomic E-state index is 0.180. The molecular formula is C15H16N4O3. The summed E-state index contributed by atoms with van der Waals surface area (Å²) in [4.78, 5) is 29.0. The molecule has 3 amide bonds. The molecule has 2 heterocycles. The van der Waals surface area contributed by atoms with Gasteiger partial charge in [0, 0.05) is 30.1 Å². The number of imide groups is 1. The van der Waals surface area contributed by atoms with Gasteiger partial charge in [-0.2, -0.15) is 4.98 Å². The average Bonchev–Trinajstić information content (AvgIpc) is 2.97. The SMILES string of the molecule is CC(C)c1noc(-c2cccc(N3CCC(=O)NC3=O)c2)n1. The largest absolute Gasteiger partial charge is 0.334 e. The second-order valence-electron chi connectivity index (χ2n) is 5.42. The Labute approximate surface area is 127 Å². The highest BCUT2D eigenvalue weighted by molar-refractivity contribution is 6.05. The number of urea groups is 1. The van der Waals surface area contributed by atoms with Crippen LogP contribution in [0.5, 0.6) is 0 Å². The number of nitrogens with one attached hydrogen (secondary N) is 1. The predicted octanol–water partition coefficient (Wildman–Crippen LogP) is 2.31. The van der Waals surface area contributed by atoms with Crippen LogP contribution in [0.1, 0.15) is 32.0 Å². The molecule has 2 aromatic rings. The Morgan fingerprint density at radius 3 is 2.82 bits per heavy atom. The van der Waals surface area contributed by atoms with Gasteiger partial charge in [0.2, 0.25) is 5.91 Å². The number of anilines is 1. The van der Waals surface area contributed by atoms with Crippen molar-refractivity contribution < 1.29 is 14.1 Å². The topological polar surface area (TPSA) is 88.3 Å². The number of rotatable bonds is 3. The lowest BCUT2D eigenvalue weighted by molar-refractivity contribution is -0.120. The minimum atomic E-state index is -0.415. The summed E-state index contributed by atoms with van der Waals surface area (Å²) in [5.41, 5.74) is 1.42. The lowest BCUT2D eigenvalue weighted by Gasteiger charge is -2.26. The summed E-state index contributed by atoms with van der Waals surface area (Å²) in [5, 5.41) is 6.24. The summed E-state index contributed by atoms with van der Waals surface area (Å²) in [7, 11) is 0. The van der Waals surface area contributed by atoms with Crippen LogP contribution in [0, 0.1) is 0 Å². The summed E-state index contributed by atoms with van der Waals surface area (Å²) < 4.78 is 5.26. The molecule has 1 aliphatic rings. The van der Waals surface area contributed by atoms with Gasteiger partial charge >= 0.3 is 6.03 Å². The molecule has 0 saturated carbocycles. The smallest absolute Gasteiger partial charge is 0.328 e. The van der Waals surface area contributed by atoms with Crippen molar-refractivity contribution in [1.82, 2.24) is 15.5 Å². The summed E-state index contributed by atoms with van der Waals surface area (Å²) in [6, 6.07) is 6.84. The van der Waals surface area contributed by atoms with E-state index in [-0.39, 0.29) is 18.2 Å². The fraction of sp³-hybridized carbons (Fsp3) is 0.333. The molecule has 0 unspecified atom stereocenters. The molecule has 0 aliphatic carbocycles. The van der Waals surface area contributed by atoms with Crippen LogP contribution in [0.4, 0.5) is 10.5 Å². The Morgan fingerprint density at radius 2 is 2.14 bits per heavy atom. The van der Waals surface area contributed by atoms with Crippen LogP contribution in [-0.2, 0) is 4.79 Å². The van der Waals surface area contributed by atoms with Crippen LogP contribution in [0.2, 0.25) is 0 Å². The van der Waals surface area contributed by atoms with E-state index in [1.807, 2.05) is 26.0 Å². The maximum atomic E-state index is 11.9. The lowest BCUT2D eigenvalue weighted by Crippen LogP contribution is -2.49. The Hall–Kier alpha value is -2.70. The summed E-state index contributed by atoms with van der Waals surface area (Å²) >= 11 is 0. The van der Waals surface area contributed by atoms with Gasteiger partial charge in [-0.15, -0.1) is 0 Å². The Balaban J connectivity index is 1.89. The zero-order valence-electron chi connectivity index (χ0n) is 12.4. The van der Waals surface area contributed by atoms with Gasteiger partial charge in [-0.3, -0.25) is 15.0 Å². The molecule has 1 fully saturated rings. The quantitative estimate of drug-likeness (QED) is 0.939. The molecule has 1 aromatic carbocycles. The van der Waals surface area contributed by atoms with E-state index < -0.39 is 6.03 Å². The molecule has 1 aliphatic heterocycles. The van der Waals surface area contributed by atoms with Crippen molar-refractivity contribution in [3.05, 3.63) is 30.1 Å². The van der Waals surface area contributed by atoms with Crippen LogP contribution in [-0.4, -0.2) is 28.6 Å². The van der Waals surface area contributed by atoms with Crippen molar-refractivity contribution in [3.63, 3.8) is 0 Å². The second kappa shape index (κ2) is 5.59. The van der Waals surface area contributed by atoms with Crippen LogP contribution < -0.4 is 10.2 Å². The van der Waals surface area contributed by atoms with Gasteiger partial charge in [-0.1, -0.05) is 25.1 Å². The summed E-state index contributed by atoms with van der Waals surface area (Å²) in [5.74, 6) is 0.983. The zero-order valence-corrected chi connectivity index (χ0v) is 12.4. The molecule has 1 N–H and O–H groups in total. The van der Waals surface area contributed by atoms with Gasteiger partial charge in [0.25, 0.3) is 5.89 Å². The average molecular weight is 300 g/mol. The number of hydrogen-bond donors (Lipinski definition) is 1. The molecule has 114 valence electrons. The molecule has 0 atom stereocenters. The first-order valence-electron chi connectivity index (χ1n) is 7.10. The Kier molecular flexibility index (Phi) is 3.62. The minimum Gasteiger partial charge on any atom is -0.334 e. The standard InChI is InChI=1S/C15H16N4O3/c1-9(2)13-17-14(22-18-13)10-4-3-5-11(8-10)19-7-6-12(20)16-15(19)21/h3-5,8-9H,6-7H2,1-2H3,(H,16,20,21). The maximum absolute atomic E-state index is 11.9. The number of benzene rings is 1. The monoisotopic (exact) mass is 300 g/mol. The fourth-order valence-corrected chi connectivity index (χ4v) is 2.20. The molecule has 1 aromatic heterocycles. The van der Waals surface area contributed by atoms with E-state index in [0.717, 1.165) is 5.56 Å². The van der Waals surface area contributed by atoms with Gasteiger partial charge < -0.3 is 4.52 Å². The molecule has 7 heteroatoms. The summed E-state index contributed by atoms with van der Waals surface area (Å²) in [6.45, 7) is 4.33. The Morgan fingerprint density at radius 1 is 1.32 bits per heavy atom. The first kappa shape index (κ1) is 14.2. The number of amides is 3. The normalized spacial score (nSPS) is 15.3. The zero-order chi connectivity index (χ0) is 15.7. The first-order valence-corrected chi connectivity index (χ1v) is 7.10. The molecule has 0 bridgehead atoms. The lowest BCUT2D eigenvalue weighted by atomic mass is 10.1. The highest BCUT2D eigenvalue weighted by Gasteiger charge is 2.24. The number of carbonyl (C=O) groups is 2. The Bertz CT molecular complexity index is 723. The molecule has 0 radical (unpaired) electrons. The van der Waals surface area contributed by atoms with Crippen LogP contribution in [0.15, 0.2) is 28.8 Å².